The quantitative estimate of drug-likeness (QED) is 0.439. The number of hydrogen-bond donors (Lipinski definition) is 2. The van der Waals surface area contributed by atoms with Crippen molar-refractivity contribution in [1.29, 1.82) is 0 Å². The normalized spacial score (nSPS) is 14.4. The van der Waals surface area contributed by atoms with E-state index < -0.39 is 4.92 Å². The standard InChI is InChI=1S/C12H18N4O3/c1-2-13-5-6-14-12(17)11-7-10(16(18)19)8-15(11)9-3-4-9/h7-9,13H,2-6H2,1H3,(H,14,17). The van der Waals surface area contributed by atoms with E-state index in [0.717, 1.165) is 19.4 Å². The third kappa shape index (κ3) is 3.31. The van der Waals surface area contributed by atoms with Gasteiger partial charge in [-0.25, -0.2) is 0 Å². The molecule has 0 atom stereocenters. The van der Waals surface area contributed by atoms with Crippen LogP contribution >= 0.6 is 0 Å². The Hall–Kier alpha value is -1.89. The lowest BCUT2D eigenvalue weighted by molar-refractivity contribution is -0.384. The maximum absolute atomic E-state index is 12.0. The molecule has 19 heavy (non-hydrogen) atoms. The van der Waals surface area contributed by atoms with Gasteiger partial charge in [0.25, 0.3) is 11.6 Å². The molecule has 104 valence electrons. The number of nitro groups is 1. The number of carbonyl (C=O) groups is 1. The van der Waals surface area contributed by atoms with E-state index in [1.165, 1.54) is 12.3 Å². The molecule has 1 aromatic rings. The predicted molar refractivity (Wildman–Crippen MR) is 70.2 cm³/mol. The van der Waals surface area contributed by atoms with Gasteiger partial charge in [0.1, 0.15) is 5.69 Å². The molecule has 1 saturated carbocycles. The van der Waals surface area contributed by atoms with Gasteiger partial charge in [-0.3, -0.25) is 14.9 Å². The van der Waals surface area contributed by atoms with Crippen LogP contribution in [0, 0.1) is 10.1 Å². The molecule has 1 aromatic heterocycles. The second-order valence-corrected chi connectivity index (χ2v) is 4.59. The average molecular weight is 266 g/mol. The molecule has 1 amide bonds. The first kappa shape index (κ1) is 13.5. The summed E-state index contributed by atoms with van der Waals surface area (Å²) >= 11 is 0. The van der Waals surface area contributed by atoms with Crippen LogP contribution in [0.25, 0.3) is 0 Å². The van der Waals surface area contributed by atoms with E-state index in [9.17, 15) is 14.9 Å². The molecule has 0 bridgehead atoms. The SMILES string of the molecule is CCNCCNC(=O)c1cc([N+](=O)[O-])cn1C1CC1. The van der Waals surface area contributed by atoms with Crippen LogP contribution in [0.2, 0.25) is 0 Å². The summed E-state index contributed by atoms with van der Waals surface area (Å²) in [5, 5.41) is 16.6. The molecule has 1 heterocycles. The highest BCUT2D eigenvalue weighted by atomic mass is 16.6. The largest absolute Gasteiger partial charge is 0.349 e. The summed E-state index contributed by atoms with van der Waals surface area (Å²) in [5.41, 5.74) is 0.356. The molecule has 1 fully saturated rings. The Morgan fingerprint density at radius 2 is 2.26 bits per heavy atom. The van der Waals surface area contributed by atoms with Gasteiger partial charge in [0.2, 0.25) is 0 Å². The molecule has 0 unspecified atom stereocenters. The summed E-state index contributed by atoms with van der Waals surface area (Å²) in [6.45, 7) is 4.04. The minimum atomic E-state index is -0.464. The molecule has 2 N–H and O–H groups in total. The minimum absolute atomic E-state index is 0.0243. The zero-order valence-electron chi connectivity index (χ0n) is 10.9. The number of nitrogens with zero attached hydrogens (tertiary/aromatic N) is 2. The number of carbonyl (C=O) groups excluding carboxylic acids is 1. The smallest absolute Gasteiger partial charge is 0.287 e. The summed E-state index contributed by atoms with van der Waals surface area (Å²) in [6, 6.07) is 1.59. The lowest BCUT2D eigenvalue weighted by Crippen LogP contribution is -2.32. The summed E-state index contributed by atoms with van der Waals surface area (Å²) in [7, 11) is 0. The van der Waals surface area contributed by atoms with Crippen molar-refractivity contribution in [3.05, 3.63) is 28.1 Å². The van der Waals surface area contributed by atoms with E-state index >= 15 is 0 Å². The van der Waals surface area contributed by atoms with Crippen LogP contribution in [-0.2, 0) is 0 Å². The highest BCUT2D eigenvalue weighted by molar-refractivity contribution is 5.93. The first-order valence-electron chi connectivity index (χ1n) is 6.48. The van der Waals surface area contributed by atoms with Crippen molar-refractivity contribution in [3.63, 3.8) is 0 Å². The molecule has 0 radical (unpaired) electrons. The first-order chi connectivity index (χ1) is 9.13. The minimum Gasteiger partial charge on any atom is -0.349 e. The number of amides is 1. The Balaban J connectivity index is 2.04. The summed E-state index contributed by atoms with van der Waals surface area (Å²) in [4.78, 5) is 22.3. The van der Waals surface area contributed by atoms with Crippen molar-refractivity contribution < 1.29 is 9.72 Å². The fourth-order valence-electron chi connectivity index (χ4n) is 1.93. The zero-order chi connectivity index (χ0) is 13.8. The highest BCUT2D eigenvalue weighted by Crippen LogP contribution is 2.37. The van der Waals surface area contributed by atoms with Crippen molar-refractivity contribution in [1.82, 2.24) is 15.2 Å². The van der Waals surface area contributed by atoms with Gasteiger partial charge in [-0.1, -0.05) is 6.92 Å². The first-order valence-corrected chi connectivity index (χ1v) is 6.48. The Morgan fingerprint density at radius 3 is 2.84 bits per heavy atom. The fourth-order valence-corrected chi connectivity index (χ4v) is 1.93. The van der Waals surface area contributed by atoms with Crippen molar-refractivity contribution in [2.75, 3.05) is 19.6 Å². The van der Waals surface area contributed by atoms with Crippen molar-refractivity contribution >= 4 is 11.6 Å². The van der Waals surface area contributed by atoms with E-state index in [-0.39, 0.29) is 17.6 Å². The van der Waals surface area contributed by atoms with Crippen LogP contribution < -0.4 is 10.6 Å². The average Bonchev–Trinajstić information content (AvgIpc) is 3.12. The topological polar surface area (TPSA) is 89.2 Å². The fraction of sp³-hybridized carbons (Fsp3) is 0.583. The van der Waals surface area contributed by atoms with Gasteiger partial charge in [0.15, 0.2) is 0 Å². The Bertz CT molecular complexity index is 479. The number of aromatic nitrogens is 1. The van der Waals surface area contributed by atoms with E-state index in [0.29, 0.717) is 18.8 Å². The Labute approximate surface area is 111 Å². The Kier molecular flexibility index (Phi) is 4.16. The molecule has 7 heteroatoms. The zero-order valence-corrected chi connectivity index (χ0v) is 10.9. The third-order valence-corrected chi connectivity index (χ3v) is 3.06. The monoisotopic (exact) mass is 266 g/mol. The van der Waals surface area contributed by atoms with Gasteiger partial charge in [-0.15, -0.1) is 0 Å². The molecule has 2 rings (SSSR count). The molecule has 1 aliphatic rings. The summed E-state index contributed by atoms with van der Waals surface area (Å²) < 4.78 is 1.72. The second kappa shape index (κ2) is 5.83. The van der Waals surface area contributed by atoms with Gasteiger partial charge in [-0.2, -0.15) is 0 Å². The molecule has 0 aliphatic heterocycles. The molecule has 0 spiro atoms. The van der Waals surface area contributed by atoms with E-state index in [1.54, 1.807) is 4.57 Å². The summed E-state index contributed by atoms with van der Waals surface area (Å²) in [5.74, 6) is -0.252. The molecule has 1 aliphatic carbocycles. The molecule has 0 aromatic carbocycles. The van der Waals surface area contributed by atoms with Crippen LogP contribution in [-0.4, -0.2) is 35.0 Å². The molecular weight excluding hydrogens is 248 g/mol. The van der Waals surface area contributed by atoms with Crippen molar-refractivity contribution in [2.45, 2.75) is 25.8 Å². The van der Waals surface area contributed by atoms with E-state index in [2.05, 4.69) is 10.6 Å². The van der Waals surface area contributed by atoms with Gasteiger partial charge < -0.3 is 15.2 Å². The van der Waals surface area contributed by atoms with Crippen LogP contribution in [0.1, 0.15) is 36.3 Å². The van der Waals surface area contributed by atoms with Crippen molar-refractivity contribution in [3.8, 4) is 0 Å². The number of nitrogens with one attached hydrogen (secondary N) is 2. The van der Waals surface area contributed by atoms with Gasteiger partial charge >= 0.3 is 0 Å². The number of likely N-dealkylation sites (N-methyl/N-ethyl adjacent to an activating group) is 1. The maximum Gasteiger partial charge on any atom is 0.287 e. The summed E-state index contributed by atoms with van der Waals surface area (Å²) in [6.07, 6.45) is 3.41. The van der Waals surface area contributed by atoms with Gasteiger partial charge in [-0.05, 0) is 19.4 Å². The number of hydrogen-bond acceptors (Lipinski definition) is 4. The van der Waals surface area contributed by atoms with Crippen LogP contribution in [0.4, 0.5) is 5.69 Å². The molecular formula is C12H18N4O3. The van der Waals surface area contributed by atoms with Crippen LogP contribution in [0.5, 0.6) is 0 Å². The highest BCUT2D eigenvalue weighted by Gasteiger charge is 2.30. The molecule has 7 nitrogen and oxygen atoms in total. The Morgan fingerprint density at radius 1 is 1.53 bits per heavy atom. The van der Waals surface area contributed by atoms with Gasteiger partial charge in [0.05, 0.1) is 11.1 Å². The van der Waals surface area contributed by atoms with E-state index in [1.807, 2.05) is 6.92 Å². The van der Waals surface area contributed by atoms with Gasteiger partial charge in [0, 0.05) is 25.2 Å². The van der Waals surface area contributed by atoms with Crippen LogP contribution in [0.3, 0.4) is 0 Å². The second-order valence-electron chi connectivity index (χ2n) is 4.59. The van der Waals surface area contributed by atoms with E-state index in [4.69, 9.17) is 0 Å². The predicted octanol–water partition coefficient (Wildman–Crippen LogP) is 1.07. The third-order valence-electron chi connectivity index (χ3n) is 3.06. The van der Waals surface area contributed by atoms with Crippen molar-refractivity contribution in [2.24, 2.45) is 0 Å². The maximum atomic E-state index is 12.0. The molecule has 0 saturated heterocycles. The lowest BCUT2D eigenvalue weighted by atomic mass is 10.3. The number of rotatable bonds is 7. The van der Waals surface area contributed by atoms with Crippen LogP contribution in [0.15, 0.2) is 12.3 Å². The lowest BCUT2D eigenvalue weighted by Gasteiger charge is -2.08.